The molecule has 4 nitrogen and oxygen atoms in total. The van der Waals surface area contributed by atoms with E-state index in [4.69, 9.17) is 4.74 Å². The summed E-state index contributed by atoms with van der Waals surface area (Å²) in [6.07, 6.45) is 3.22. The maximum atomic E-state index is 6.08. The number of aryl methyl sites for hydroxylation is 2. The van der Waals surface area contributed by atoms with Crippen molar-refractivity contribution in [2.24, 2.45) is 0 Å². The summed E-state index contributed by atoms with van der Waals surface area (Å²) in [6.45, 7) is 6.72. The Morgan fingerprint density at radius 1 is 1.29 bits per heavy atom. The number of ether oxygens (including phenoxy) is 1. The van der Waals surface area contributed by atoms with E-state index in [9.17, 15) is 0 Å². The lowest BCUT2D eigenvalue weighted by Gasteiger charge is -2.20. The molecule has 1 atom stereocenters. The fourth-order valence-electron chi connectivity index (χ4n) is 3.28. The van der Waals surface area contributed by atoms with Crippen molar-refractivity contribution < 1.29 is 4.74 Å². The SMILES string of the molecule is Cc1ccc2nccc(N3CCC(OCc4csc(C)n4)C3)c2c1. The first kappa shape index (κ1) is 15.5. The number of hydrogen-bond donors (Lipinski definition) is 0. The van der Waals surface area contributed by atoms with Crippen molar-refractivity contribution >= 4 is 27.9 Å². The van der Waals surface area contributed by atoms with Crippen LogP contribution in [0.2, 0.25) is 0 Å². The van der Waals surface area contributed by atoms with Crippen LogP contribution in [0.1, 0.15) is 22.7 Å². The zero-order valence-corrected chi connectivity index (χ0v) is 14.8. The lowest BCUT2D eigenvalue weighted by molar-refractivity contribution is 0.0536. The van der Waals surface area contributed by atoms with Crippen molar-refractivity contribution in [3.8, 4) is 0 Å². The molecule has 0 radical (unpaired) electrons. The predicted octanol–water partition coefficient (Wildman–Crippen LogP) is 4.10. The molecule has 0 spiro atoms. The van der Waals surface area contributed by atoms with Crippen molar-refractivity contribution in [1.82, 2.24) is 9.97 Å². The Kier molecular flexibility index (Phi) is 4.21. The van der Waals surface area contributed by atoms with Crippen molar-refractivity contribution in [3.05, 3.63) is 52.1 Å². The average Bonchev–Trinajstić information content (AvgIpc) is 3.21. The number of fused-ring (bicyclic) bond motifs is 1. The van der Waals surface area contributed by atoms with Crippen LogP contribution in [0.15, 0.2) is 35.8 Å². The van der Waals surface area contributed by atoms with Crippen LogP contribution < -0.4 is 4.90 Å². The Bertz CT molecular complexity index is 861. The van der Waals surface area contributed by atoms with E-state index < -0.39 is 0 Å². The van der Waals surface area contributed by atoms with E-state index in [2.05, 4.69) is 51.4 Å². The Morgan fingerprint density at radius 2 is 2.21 bits per heavy atom. The van der Waals surface area contributed by atoms with Gasteiger partial charge in [0.15, 0.2) is 0 Å². The summed E-state index contributed by atoms with van der Waals surface area (Å²) in [5.41, 5.74) is 4.63. The van der Waals surface area contributed by atoms with Gasteiger partial charge in [-0.05, 0) is 38.5 Å². The molecule has 1 fully saturated rings. The van der Waals surface area contributed by atoms with Crippen molar-refractivity contribution in [3.63, 3.8) is 0 Å². The number of nitrogens with zero attached hydrogens (tertiary/aromatic N) is 3. The molecule has 0 amide bonds. The van der Waals surface area contributed by atoms with Gasteiger partial charge in [-0.25, -0.2) is 4.98 Å². The summed E-state index contributed by atoms with van der Waals surface area (Å²) in [5, 5.41) is 4.41. The molecule has 124 valence electrons. The number of benzene rings is 1. The standard InChI is InChI=1S/C19H21N3OS/c1-13-3-4-18-17(9-13)19(5-7-20-18)22-8-6-16(10-22)23-11-15-12-24-14(2)21-15/h3-5,7,9,12,16H,6,8,10-11H2,1-2H3. The number of rotatable bonds is 4. The third kappa shape index (κ3) is 3.14. The summed E-state index contributed by atoms with van der Waals surface area (Å²) in [5.74, 6) is 0. The molecule has 3 aromatic rings. The predicted molar refractivity (Wildman–Crippen MR) is 98.7 cm³/mol. The summed E-state index contributed by atoms with van der Waals surface area (Å²) in [4.78, 5) is 11.4. The van der Waals surface area contributed by atoms with E-state index in [-0.39, 0.29) is 6.10 Å². The lowest BCUT2D eigenvalue weighted by Crippen LogP contribution is -2.23. The van der Waals surface area contributed by atoms with Crippen molar-refractivity contribution in [2.75, 3.05) is 18.0 Å². The van der Waals surface area contributed by atoms with E-state index in [1.54, 1.807) is 11.3 Å². The van der Waals surface area contributed by atoms with Gasteiger partial charge in [0.05, 0.1) is 28.9 Å². The number of thiazole rings is 1. The molecule has 4 rings (SSSR count). The summed E-state index contributed by atoms with van der Waals surface area (Å²) >= 11 is 1.68. The molecular formula is C19H21N3OS. The molecule has 2 aromatic heterocycles. The highest BCUT2D eigenvalue weighted by molar-refractivity contribution is 7.09. The molecular weight excluding hydrogens is 318 g/mol. The second-order valence-corrected chi connectivity index (χ2v) is 7.44. The van der Waals surface area contributed by atoms with Crippen LogP contribution in [0.3, 0.4) is 0 Å². The third-order valence-corrected chi connectivity index (χ3v) is 5.32. The first-order valence-corrected chi connectivity index (χ1v) is 9.20. The van der Waals surface area contributed by atoms with Crippen LogP contribution in [0, 0.1) is 13.8 Å². The number of anilines is 1. The van der Waals surface area contributed by atoms with Crippen LogP contribution >= 0.6 is 11.3 Å². The van der Waals surface area contributed by atoms with Gasteiger partial charge in [0.1, 0.15) is 0 Å². The molecule has 1 aromatic carbocycles. The molecule has 3 heterocycles. The van der Waals surface area contributed by atoms with E-state index in [0.717, 1.165) is 35.7 Å². The van der Waals surface area contributed by atoms with Crippen molar-refractivity contribution in [1.29, 1.82) is 0 Å². The van der Waals surface area contributed by atoms with Crippen LogP contribution in [0.5, 0.6) is 0 Å². The first-order valence-electron chi connectivity index (χ1n) is 8.32. The molecule has 0 N–H and O–H groups in total. The van der Waals surface area contributed by atoms with E-state index in [1.807, 2.05) is 13.1 Å². The average molecular weight is 339 g/mol. The van der Waals surface area contributed by atoms with Gasteiger partial charge in [0.2, 0.25) is 0 Å². The maximum absolute atomic E-state index is 6.08. The van der Waals surface area contributed by atoms with Gasteiger partial charge in [0, 0.05) is 35.7 Å². The van der Waals surface area contributed by atoms with Gasteiger partial charge in [-0.1, -0.05) is 11.6 Å². The molecule has 0 saturated carbocycles. The van der Waals surface area contributed by atoms with Gasteiger partial charge in [-0.15, -0.1) is 11.3 Å². The molecule has 0 aliphatic carbocycles. The number of hydrogen-bond acceptors (Lipinski definition) is 5. The molecule has 1 saturated heterocycles. The van der Waals surface area contributed by atoms with Gasteiger partial charge in [0.25, 0.3) is 0 Å². The number of pyridine rings is 1. The topological polar surface area (TPSA) is 38.2 Å². The minimum Gasteiger partial charge on any atom is -0.370 e. The van der Waals surface area contributed by atoms with Crippen molar-refractivity contribution in [2.45, 2.75) is 33.0 Å². The monoisotopic (exact) mass is 339 g/mol. The zero-order valence-electron chi connectivity index (χ0n) is 14.0. The van der Waals surface area contributed by atoms with Crippen LogP contribution in [-0.2, 0) is 11.3 Å². The fourth-order valence-corrected chi connectivity index (χ4v) is 3.88. The second-order valence-electron chi connectivity index (χ2n) is 6.38. The molecule has 0 bridgehead atoms. The largest absolute Gasteiger partial charge is 0.370 e. The Morgan fingerprint density at radius 3 is 3.04 bits per heavy atom. The highest BCUT2D eigenvalue weighted by Crippen LogP contribution is 2.29. The molecule has 1 unspecified atom stereocenters. The highest BCUT2D eigenvalue weighted by Gasteiger charge is 2.24. The smallest absolute Gasteiger partial charge is 0.0901 e. The normalized spacial score (nSPS) is 17.8. The van der Waals surface area contributed by atoms with E-state index in [1.165, 1.54) is 16.6 Å². The Balaban J connectivity index is 1.47. The van der Waals surface area contributed by atoms with Crippen LogP contribution in [0.25, 0.3) is 10.9 Å². The van der Waals surface area contributed by atoms with Gasteiger partial charge in [-0.3, -0.25) is 4.98 Å². The minimum absolute atomic E-state index is 0.264. The number of aromatic nitrogens is 2. The zero-order chi connectivity index (χ0) is 16.5. The summed E-state index contributed by atoms with van der Waals surface area (Å²) in [6, 6.07) is 8.56. The lowest BCUT2D eigenvalue weighted by atomic mass is 10.1. The first-order chi connectivity index (χ1) is 11.7. The molecule has 24 heavy (non-hydrogen) atoms. The summed E-state index contributed by atoms with van der Waals surface area (Å²) < 4.78 is 6.08. The molecule has 1 aliphatic rings. The summed E-state index contributed by atoms with van der Waals surface area (Å²) in [7, 11) is 0. The van der Waals surface area contributed by atoms with Crippen LogP contribution in [0.4, 0.5) is 5.69 Å². The van der Waals surface area contributed by atoms with Gasteiger partial charge < -0.3 is 9.64 Å². The Hall–Kier alpha value is -1.98. The highest BCUT2D eigenvalue weighted by atomic mass is 32.1. The van der Waals surface area contributed by atoms with E-state index in [0.29, 0.717) is 6.61 Å². The second kappa shape index (κ2) is 6.49. The van der Waals surface area contributed by atoms with E-state index >= 15 is 0 Å². The minimum atomic E-state index is 0.264. The van der Waals surface area contributed by atoms with Crippen LogP contribution in [-0.4, -0.2) is 29.2 Å². The van der Waals surface area contributed by atoms with Gasteiger partial charge >= 0.3 is 0 Å². The Labute approximate surface area is 146 Å². The fraction of sp³-hybridized carbons (Fsp3) is 0.368. The molecule has 1 aliphatic heterocycles. The quantitative estimate of drug-likeness (QED) is 0.717. The molecule has 5 heteroatoms. The third-order valence-electron chi connectivity index (χ3n) is 4.49. The van der Waals surface area contributed by atoms with Gasteiger partial charge in [-0.2, -0.15) is 0 Å². The maximum Gasteiger partial charge on any atom is 0.0901 e.